The molecule has 1 fully saturated rings. The predicted molar refractivity (Wildman–Crippen MR) is 132 cm³/mol. The van der Waals surface area contributed by atoms with Crippen molar-refractivity contribution in [2.45, 2.75) is 31.3 Å². The summed E-state index contributed by atoms with van der Waals surface area (Å²) in [4.78, 5) is 20.7. The maximum absolute atomic E-state index is 14.0. The number of carbonyl (C=O) groups is 1. The average molecular weight is 596 g/mol. The number of piperidine rings is 1. The van der Waals surface area contributed by atoms with Gasteiger partial charge in [0.2, 0.25) is 5.82 Å². The second kappa shape index (κ2) is 11.2. The van der Waals surface area contributed by atoms with E-state index >= 15 is 0 Å². The molecule has 0 spiro atoms. The number of β-amino-alcohol motifs (C(OH)–C–C–N with tert-alkyl or cyclic N) is 1. The molecule has 2 N–H and O–H groups in total. The number of halogens is 6. The fourth-order valence-corrected chi connectivity index (χ4v) is 4.71. The van der Waals surface area contributed by atoms with Gasteiger partial charge in [0.15, 0.2) is 11.5 Å². The Morgan fingerprint density at radius 2 is 1.79 bits per heavy atom. The first-order valence-corrected chi connectivity index (χ1v) is 12.6. The zero-order valence-corrected chi connectivity index (χ0v) is 21.5. The molecule has 1 aromatic carbocycles. The highest BCUT2D eigenvalue weighted by Gasteiger charge is 2.41. The van der Waals surface area contributed by atoms with E-state index in [0.717, 1.165) is 12.3 Å². The Bertz CT molecular complexity index is 1550. The first kappa shape index (κ1) is 29.2. The number of hydrogen-bond acceptors (Lipinski definition) is 8. The summed E-state index contributed by atoms with van der Waals surface area (Å²) in [5, 5.41) is 27.3. The largest absolute Gasteiger partial charge is 0.481 e. The number of likely N-dealkylation sites (tertiary alicyclic amines) is 1. The third kappa shape index (κ3) is 6.13. The molecule has 0 bridgehead atoms. The number of carboxylic acids is 1. The van der Waals surface area contributed by atoms with Crippen LogP contribution in [0.2, 0.25) is 0 Å². The van der Waals surface area contributed by atoms with Crippen LogP contribution in [0, 0.1) is 5.92 Å². The van der Waals surface area contributed by atoms with Gasteiger partial charge in [-0.3, -0.25) is 9.69 Å². The number of nitrogens with zero attached hydrogens (tertiary/aromatic N) is 6. The average Bonchev–Trinajstić information content (AvgIpc) is 3.61. The van der Waals surface area contributed by atoms with Crippen molar-refractivity contribution in [1.82, 2.24) is 29.8 Å². The molecule has 16 heteroatoms. The Hall–Kier alpha value is -4.31. The van der Waals surface area contributed by atoms with Gasteiger partial charge in [-0.15, -0.1) is 0 Å². The van der Waals surface area contributed by atoms with Gasteiger partial charge in [0.05, 0.1) is 29.3 Å². The maximum atomic E-state index is 14.0. The minimum absolute atomic E-state index is 0.0556. The minimum atomic E-state index is -5.01. The lowest BCUT2D eigenvalue weighted by atomic mass is 9.97. The van der Waals surface area contributed by atoms with Crippen molar-refractivity contribution < 1.29 is 45.9 Å². The smallest absolute Gasteiger partial charge is 0.434 e. The zero-order chi connectivity index (χ0) is 30.2. The summed E-state index contributed by atoms with van der Waals surface area (Å²) in [5.41, 5.74) is -2.20. The fraction of sp³-hybridized carbons (Fsp3) is 0.346. The van der Waals surface area contributed by atoms with Crippen LogP contribution < -0.4 is 0 Å². The van der Waals surface area contributed by atoms with E-state index < -0.39 is 58.9 Å². The van der Waals surface area contributed by atoms with Crippen LogP contribution in [0.25, 0.3) is 28.7 Å². The monoisotopic (exact) mass is 596 g/mol. The van der Waals surface area contributed by atoms with Crippen molar-refractivity contribution in [3.8, 4) is 28.7 Å². The lowest BCUT2D eigenvalue weighted by Gasteiger charge is -2.32. The number of aromatic nitrogens is 5. The van der Waals surface area contributed by atoms with E-state index in [4.69, 9.17) is 4.52 Å². The van der Waals surface area contributed by atoms with Gasteiger partial charge in [-0.2, -0.15) is 36.4 Å². The second-order valence-corrected chi connectivity index (χ2v) is 9.72. The number of aliphatic hydroxyl groups is 1. The minimum Gasteiger partial charge on any atom is -0.481 e. The Kier molecular flexibility index (Phi) is 7.76. The fourth-order valence-electron chi connectivity index (χ4n) is 4.71. The topological polar surface area (TPSA) is 130 Å². The molecule has 0 saturated carbocycles. The Morgan fingerprint density at radius 1 is 1.05 bits per heavy atom. The van der Waals surface area contributed by atoms with Crippen LogP contribution in [0.4, 0.5) is 26.3 Å². The molecule has 4 heterocycles. The van der Waals surface area contributed by atoms with Gasteiger partial charge in [-0.25, -0.2) is 9.67 Å². The lowest BCUT2D eigenvalue weighted by Crippen LogP contribution is -2.40. The molecule has 2 unspecified atom stereocenters. The van der Waals surface area contributed by atoms with E-state index in [9.17, 15) is 41.4 Å². The SMILES string of the molecule is O=C(O)C1CCCN(CC(O)c2ccc(-c3noc(-c4cnn(-c5ccc(C(F)(F)F)cn5)c4C(F)(F)F)n3)cc2)C1. The summed E-state index contributed by atoms with van der Waals surface area (Å²) in [5.74, 6) is -2.45. The van der Waals surface area contributed by atoms with Crippen LogP contribution in [0.15, 0.2) is 53.3 Å². The van der Waals surface area contributed by atoms with Crippen LogP contribution in [0.5, 0.6) is 0 Å². The van der Waals surface area contributed by atoms with E-state index in [1.165, 1.54) is 0 Å². The molecule has 1 aliphatic heterocycles. The van der Waals surface area contributed by atoms with Crippen LogP contribution in [0.3, 0.4) is 0 Å². The molecular weight excluding hydrogens is 574 g/mol. The van der Waals surface area contributed by atoms with E-state index in [1.807, 2.05) is 4.90 Å². The van der Waals surface area contributed by atoms with Gasteiger partial charge in [0.25, 0.3) is 5.89 Å². The first-order valence-electron chi connectivity index (χ1n) is 12.6. The number of benzene rings is 1. The van der Waals surface area contributed by atoms with Gasteiger partial charge in [0.1, 0.15) is 0 Å². The summed E-state index contributed by atoms with van der Waals surface area (Å²) in [6.45, 7) is 1.23. The number of aliphatic hydroxyl groups excluding tert-OH is 1. The number of pyridine rings is 1. The Morgan fingerprint density at radius 3 is 2.40 bits per heavy atom. The number of carboxylic acid groups (broad SMARTS) is 1. The van der Waals surface area contributed by atoms with E-state index in [2.05, 4.69) is 20.2 Å². The summed E-state index contributed by atoms with van der Waals surface area (Å²) < 4.78 is 86.1. The molecule has 4 aromatic rings. The van der Waals surface area contributed by atoms with E-state index in [-0.39, 0.29) is 12.4 Å². The molecule has 3 aromatic heterocycles. The highest BCUT2D eigenvalue weighted by Crippen LogP contribution is 2.38. The summed E-state index contributed by atoms with van der Waals surface area (Å²) >= 11 is 0. The number of alkyl halides is 6. The molecule has 1 saturated heterocycles. The van der Waals surface area contributed by atoms with Crippen molar-refractivity contribution in [2.24, 2.45) is 5.92 Å². The standard InChI is InChI=1S/C26H22F6N6O4/c27-25(28,29)17-7-8-20(33-10-17)38-21(26(30,31)32)18(11-34-38)23-35-22(36-42-23)15-5-3-14(4-6-15)19(39)13-37-9-1-2-16(12-37)24(40)41/h3-8,10-11,16,19,39H,1-2,9,12-13H2,(H,40,41). The Labute approximate surface area is 233 Å². The lowest BCUT2D eigenvalue weighted by molar-refractivity contribution is -0.144. The molecule has 1 aliphatic rings. The van der Waals surface area contributed by atoms with Crippen molar-refractivity contribution >= 4 is 5.97 Å². The zero-order valence-electron chi connectivity index (χ0n) is 21.5. The van der Waals surface area contributed by atoms with Gasteiger partial charge < -0.3 is 14.7 Å². The van der Waals surface area contributed by atoms with Crippen LogP contribution in [-0.2, 0) is 17.1 Å². The van der Waals surface area contributed by atoms with E-state index in [1.54, 1.807) is 24.3 Å². The number of aliphatic carboxylic acids is 1. The molecule has 42 heavy (non-hydrogen) atoms. The molecule has 2 atom stereocenters. The Balaban J connectivity index is 1.35. The highest BCUT2D eigenvalue weighted by molar-refractivity contribution is 5.70. The van der Waals surface area contributed by atoms with Crippen LogP contribution >= 0.6 is 0 Å². The summed E-state index contributed by atoms with van der Waals surface area (Å²) in [7, 11) is 0. The van der Waals surface area contributed by atoms with Gasteiger partial charge in [-0.05, 0) is 37.1 Å². The van der Waals surface area contributed by atoms with Gasteiger partial charge in [0, 0.05) is 24.8 Å². The molecule has 10 nitrogen and oxygen atoms in total. The van der Waals surface area contributed by atoms with Crippen LogP contribution in [0.1, 0.15) is 35.8 Å². The van der Waals surface area contributed by atoms with Crippen molar-refractivity contribution in [3.63, 3.8) is 0 Å². The molecule has 0 aliphatic carbocycles. The quantitative estimate of drug-likeness (QED) is 0.288. The van der Waals surface area contributed by atoms with Crippen LogP contribution in [-0.4, -0.2) is 65.6 Å². The van der Waals surface area contributed by atoms with Gasteiger partial charge >= 0.3 is 18.3 Å². The van der Waals surface area contributed by atoms with Gasteiger partial charge in [-0.1, -0.05) is 29.4 Å². The molecule has 222 valence electrons. The normalized spacial score (nSPS) is 17.4. The second-order valence-electron chi connectivity index (χ2n) is 9.72. The molecular formula is C26H22F6N6O4. The van der Waals surface area contributed by atoms with Crippen molar-refractivity contribution in [3.05, 3.63) is 65.6 Å². The van der Waals surface area contributed by atoms with Crippen molar-refractivity contribution in [2.75, 3.05) is 19.6 Å². The van der Waals surface area contributed by atoms with Crippen molar-refractivity contribution in [1.29, 1.82) is 0 Å². The summed E-state index contributed by atoms with van der Waals surface area (Å²) in [6, 6.07) is 7.62. The third-order valence-corrected chi connectivity index (χ3v) is 6.83. The number of hydrogen-bond donors (Lipinski definition) is 2. The highest BCUT2D eigenvalue weighted by atomic mass is 19.4. The molecule has 0 amide bonds. The molecule has 0 radical (unpaired) electrons. The molecule has 5 rings (SSSR count). The third-order valence-electron chi connectivity index (χ3n) is 6.83. The summed E-state index contributed by atoms with van der Waals surface area (Å²) in [6.07, 6.45) is -8.15. The predicted octanol–water partition coefficient (Wildman–Crippen LogP) is 4.85. The van der Waals surface area contributed by atoms with E-state index in [0.29, 0.717) is 54.0 Å². The number of rotatable bonds is 7. The maximum Gasteiger partial charge on any atom is 0.434 e. The first-order chi connectivity index (χ1) is 19.8.